The third-order valence-electron chi connectivity index (χ3n) is 13.1. The number of imide groups is 1. The molecule has 0 spiro atoms. The number of hydrogen-bond donors (Lipinski definition) is 1. The van der Waals surface area contributed by atoms with Gasteiger partial charge in [-0.2, -0.15) is 5.10 Å². The van der Waals surface area contributed by atoms with Crippen molar-refractivity contribution >= 4 is 70.7 Å². The minimum Gasteiger partial charge on any atom is -0.497 e. The summed E-state index contributed by atoms with van der Waals surface area (Å²) in [5, 5.41) is 4.09. The number of benzene rings is 4. The number of methoxy groups -OCH3 is 3. The average Bonchev–Trinajstić information content (AvgIpc) is 4.08. The first-order valence-electron chi connectivity index (χ1n) is 24.1. The van der Waals surface area contributed by atoms with E-state index >= 15 is 0 Å². The van der Waals surface area contributed by atoms with E-state index in [9.17, 15) is 24.0 Å². The zero-order chi connectivity index (χ0) is 50.1. The molecular formula is C55H55N7O10. The molecule has 0 saturated carbocycles. The fourth-order valence-electron chi connectivity index (χ4n) is 9.09. The molecule has 5 amide bonds. The van der Waals surface area contributed by atoms with Gasteiger partial charge >= 0.3 is 0 Å². The van der Waals surface area contributed by atoms with Gasteiger partial charge in [-0.1, -0.05) is 42.8 Å². The van der Waals surface area contributed by atoms with E-state index in [2.05, 4.69) is 10.5 Å². The fourth-order valence-corrected chi connectivity index (χ4v) is 9.09. The monoisotopic (exact) mass is 973 g/mol. The van der Waals surface area contributed by atoms with Gasteiger partial charge in [0.2, 0.25) is 5.91 Å². The van der Waals surface area contributed by atoms with Gasteiger partial charge in [0.15, 0.2) is 23.0 Å². The Labute approximate surface area is 417 Å². The Morgan fingerprint density at radius 2 is 1.15 bits per heavy atom. The molecule has 5 aliphatic heterocycles. The lowest BCUT2D eigenvalue weighted by atomic mass is 10.0. The Kier molecular flexibility index (Phi) is 15.0. The molecule has 2 atom stereocenters. The number of carbonyl (C=O) groups is 5. The Morgan fingerprint density at radius 1 is 0.639 bits per heavy atom. The number of unbranched alkanes of at least 4 members (excludes halogenated alkanes) is 4. The summed E-state index contributed by atoms with van der Waals surface area (Å²) in [6.45, 7) is 1.17. The smallest absolute Gasteiger partial charge is 0.260 e. The van der Waals surface area contributed by atoms with Crippen molar-refractivity contribution in [2.75, 3.05) is 41.1 Å². The maximum atomic E-state index is 14.0. The van der Waals surface area contributed by atoms with Crippen LogP contribution in [-0.4, -0.2) is 116 Å². The third kappa shape index (κ3) is 10.8. The van der Waals surface area contributed by atoms with Crippen molar-refractivity contribution in [2.45, 2.75) is 69.9 Å². The van der Waals surface area contributed by atoms with E-state index in [1.165, 1.54) is 17.1 Å². The SMILES string of the molecule is COc1ccc(C2=CN3C(=O)c4cc(OC)c(OCCCCCOc5cc6c(cc5OC)C(=O)N5C=C(c7ccc(/C=N/NC(=O)CCCCCN8C(=O)C=CC8=O)cc7)C[C@H]5C=N6)cc4N=C[C@@H]3C2)cc1. The van der Waals surface area contributed by atoms with Gasteiger partial charge in [-0.15, -0.1) is 0 Å². The highest BCUT2D eigenvalue weighted by Gasteiger charge is 2.35. The molecule has 0 aromatic heterocycles. The highest BCUT2D eigenvalue weighted by atomic mass is 16.5. The predicted octanol–water partition coefficient (Wildman–Crippen LogP) is 8.22. The second-order valence-electron chi connectivity index (χ2n) is 17.7. The van der Waals surface area contributed by atoms with Crippen LogP contribution in [0.4, 0.5) is 11.4 Å². The molecule has 0 aliphatic carbocycles. The van der Waals surface area contributed by atoms with Crippen LogP contribution in [0.5, 0.6) is 28.7 Å². The summed E-state index contributed by atoms with van der Waals surface area (Å²) in [6.07, 6.45) is 17.2. The Hall–Kier alpha value is -8.34. The van der Waals surface area contributed by atoms with Gasteiger partial charge in [-0.25, -0.2) is 5.43 Å². The molecule has 4 aromatic rings. The number of fused-ring (bicyclic) bond motifs is 4. The number of amides is 5. The third-order valence-corrected chi connectivity index (χ3v) is 13.1. The molecule has 5 aliphatic rings. The van der Waals surface area contributed by atoms with Gasteiger partial charge in [0, 0.05) is 74.9 Å². The molecule has 0 bridgehead atoms. The van der Waals surface area contributed by atoms with E-state index in [-0.39, 0.29) is 48.0 Å². The molecule has 72 heavy (non-hydrogen) atoms. The zero-order valence-corrected chi connectivity index (χ0v) is 40.4. The highest BCUT2D eigenvalue weighted by Crippen LogP contribution is 2.42. The van der Waals surface area contributed by atoms with Crippen LogP contribution >= 0.6 is 0 Å². The Balaban J connectivity index is 0.721. The van der Waals surface area contributed by atoms with E-state index in [1.54, 1.807) is 67.8 Å². The normalized spacial score (nSPS) is 17.6. The van der Waals surface area contributed by atoms with Crippen molar-refractivity contribution in [3.8, 4) is 28.7 Å². The molecule has 17 nitrogen and oxygen atoms in total. The topological polar surface area (TPSA) is 190 Å². The van der Waals surface area contributed by atoms with Crippen molar-refractivity contribution < 1.29 is 47.7 Å². The van der Waals surface area contributed by atoms with E-state index in [0.717, 1.165) is 52.8 Å². The predicted molar refractivity (Wildman–Crippen MR) is 272 cm³/mol. The van der Waals surface area contributed by atoms with Crippen LogP contribution < -0.4 is 29.1 Å². The Bertz CT molecular complexity index is 2920. The summed E-state index contributed by atoms with van der Waals surface area (Å²) in [7, 11) is 4.73. The van der Waals surface area contributed by atoms with E-state index < -0.39 is 0 Å². The lowest BCUT2D eigenvalue weighted by Crippen LogP contribution is -2.32. The molecule has 5 heterocycles. The van der Waals surface area contributed by atoms with E-state index in [4.69, 9.17) is 33.7 Å². The summed E-state index contributed by atoms with van der Waals surface area (Å²) in [4.78, 5) is 77.4. The number of nitrogens with one attached hydrogen (secondary N) is 1. The van der Waals surface area contributed by atoms with Gasteiger partial charge < -0.3 is 33.5 Å². The molecule has 0 saturated heterocycles. The summed E-state index contributed by atoms with van der Waals surface area (Å²) in [5.74, 6) is 1.52. The van der Waals surface area contributed by atoms with Crippen LogP contribution in [0.15, 0.2) is 112 Å². The summed E-state index contributed by atoms with van der Waals surface area (Å²) in [6, 6.07) is 21.9. The van der Waals surface area contributed by atoms with Crippen molar-refractivity contribution in [3.05, 3.63) is 125 Å². The molecule has 9 rings (SSSR count). The van der Waals surface area contributed by atoms with Crippen molar-refractivity contribution in [1.29, 1.82) is 0 Å². The zero-order valence-electron chi connectivity index (χ0n) is 40.4. The van der Waals surface area contributed by atoms with Crippen LogP contribution in [-0.2, 0) is 14.4 Å². The second-order valence-corrected chi connectivity index (χ2v) is 17.7. The van der Waals surface area contributed by atoms with Crippen LogP contribution in [0, 0.1) is 0 Å². The van der Waals surface area contributed by atoms with Crippen molar-refractivity contribution in [3.63, 3.8) is 0 Å². The summed E-state index contributed by atoms with van der Waals surface area (Å²) in [5.41, 5.74) is 9.24. The summed E-state index contributed by atoms with van der Waals surface area (Å²) >= 11 is 0. The number of rotatable bonds is 21. The molecule has 17 heteroatoms. The highest BCUT2D eigenvalue weighted by molar-refractivity contribution is 6.13. The molecule has 4 aromatic carbocycles. The van der Waals surface area contributed by atoms with Crippen molar-refractivity contribution in [1.82, 2.24) is 20.1 Å². The van der Waals surface area contributed by atoms with Crippen LogP contribution in [0.25, 0.3) is 11.1 Å². The fraction of sp³-hybridized carbons (Fsp3) is 0.309. The number of aliphatic imine (C=N–C) groups is 2. The number of hydrogen-bond acceptors (Lipinski definition) is 13. The van der Waals surface area contributed by atoms with Gasteiger partial charge in [-0.3, -0.25) is 38.9 Å². The maximum absolute atomic E-state index is 14.0. The lowest BCUT2D eigenvalue weighted by Gasteiger charge is -2.19. The maximum Gasteiger partial charge on any atom is 0.260 e. The quantitative estimate of drug-likeness (QED) is 0.0369. The Morgan fingerprint density at radius 3 is 1.67 bits per heavy atom. The summed E-state index contributed by atoms with van der Waals surface area (Å²) < 4.78 is 29.0. The van der Waals surface area contributed by atoms with Crippen molar-refractivity contribution in [2.24, 2.45) is 15.1 Å². The van der Waals surface area contributed by atoms with Gasteiger partial charge in [0.25, 0.3) is 23.6 Å². The molecule has 0 unspecified atom stereocenters. The van der Waals surface area contributed by atoms with E-state index in [0.29, 0.717) is 97.4 Å². The standard InChI is InChI=1S/C55H55N7O10/c1-68-42-17-15-37(16-18-42)39-25-41-32-57-46-29-50(48(70-3)27-44(46)55(67)62(41)34-39)72-23-9-5-8-22-71-49-28-45-43(26-47(49)69-2)54(66)61-33-38(24-40(61)31-56-45)36-13-11-35(12-14-36)30-58-59-51(63)10-6-4-7-21-60-52(64)19-20-53(60)65/h11-20,26-34,40-41H,4-10,21-25H2,1-3H3,(H,59,63)/b58-30+/t40-,41-/m0/s1. The van der Waals surface area contributed by atoms with Crippen LogP contribution in [0.1, 0.15) is 95.2 Å². The first kappa shape index (κ1) is 48.7. The average molecular weight is 974 g/mol. The number of ether oxygens (including phenoxy) is 5. The molecule has 1 N–H and O–H groups in total. The first-order valence-corrected chi connectivity index (χ1v) is 24.1. The number of nitrogens with zero attached hydrogens (tertiary/aromatic N) is 6. The first-order chi connectivity index (χ1) is 35.1. The molecular weight excluding hydrogens is 919 g/mol. The lowest BCUT2D eigenvalue weighted by molar-refractivity contribution is -0.137. The van der Waals surface area contributed by atoms with Gasteiger partial charge in [0.05, 0.1) is 75.3 Å². The largest absolute Gasteiger partial charge is 0.497 e. The number of carbonyl (C=O) groups excluding carboxylic acids is 5. The van der Waals surface area contributed by atoms with Crippen LogP contribution in [0.2, 0.25) is 0 Å². The van der Waals surface area contributed by atoms with Gasteiger partial charge in [0.1, 0.15) is 5.75 Å². The van der Waals surface area contributed by atoms with Gasteiger partial charge in [-0.05, 0) is 84.2 Å². The molecule has 0 fully saturated rings. The van der Waals surface area contributed by atoms with Crippen LogP contribution in [0.3, 0.4) is 0 Å². The minimum atomic E-state index is -0.298. The second kappa shape index (κ2) is 22.2. The number of hydrazone groups is 1. The minimum absolute atomic E-state index is 0.152. The molecule has 370 valence electrons. The van der Waals surface area contributed by atoms with E-state index in [1.807, 2.05) is 67.1 Å². The molecule has 0 radical (unpaired) electrons.